The van der Waals surface area contributed by atoms with Gasteiger partial charge in [-0.25, -0.2) is 15.0 Å². The second-order valence-electron chi connectivity index (χ2n) is 6.40. The number of methoxy groups -OCH3 is 2. The molecule has 3 aromatic rings. The molecule has 1 N–H and O–H groups in total. The predicted octanol–water partition coefficient (Wildman–Crippen LogP) is 4.01. The molecule has 1 aromatic carbocycles. The average Bonchev–Trinajstić information content (AvgIpc) is 3.18. The van der Waals surface area contributed by atoms with Crippen LogP contribution in [0.4, 0.5) is 11.5 Å². The Balaban J connectivity index is 1.75. The highest BCUT2D eigenvalue weighted by Crippen LogP contribution is 2.34. The van der Waals surface area contributed by atoms with Crippen LogP contribution in [0, 0.1) is 0 Å². The van der Waals surface area contributed by atoms with Gasteiger partial charge in [0.1, 0.15) is 17.7 Å². The summed E-state index contributed by atoms with van der Waals surface area (Å²) in [5.41, 5.74) is 2.24. The van der Waals surface area contributed by atoms with Gasteiger partial charge in [0.15, 0.2) is 22.1 Å². The normalized spacial score (nSPS) is 16.9. The first-order valence-electron chi connectivity index (χ1n) is 9.12. The van der Waals surface area contributed by atoms with Gasteiger partial charge in [0, 0.05) is 12.7 Å². The van der Waals surface area contributed by atoms with Crippen LogP contribution >= 0.6 is 11.8 Å². The van der Waals surface area contributed by atoms with Gasteiger partial charge in [0.25, 0.3) is 0 Å². The van der Waals surface area contributed by atoms with Gasteiger partial charge in [0.05, 0.1) is 26.2 Å². The molecule has 0 radical (unpaired) electrons. The Bertz CT molecular complexity index is 972. The Kier molecular flexibility index (Phi) is 5.54. The smallest absolute Gasteiger partial charge is 0.191 e. The molecule has 0 saturated carbocycles. The van der Waals surface area contributed by atoms with Crippen molar-refractivity contribution in [3.63, 3.8) is 0 Å². The van der Waals surface area contributed by atoms with E-state index in [-0.39, 0.29) is 6.23 Å². The second kappa shape index (κ2) is 8.24. The lowest BCUT2D eigenvalue weighted by Gasteiger charge is -2.23. The molecular weight excluding hydrogens is 378 g/mol. The molecule has 148 valence electrons. The van der Waals surface area contributed by atoms with Crippen LogP contribution in [0.2, 0.25) is 0 Å². The SMILES string of the molecule is COc1ccc(Nc2nc(SC)nc3c2ncn3C2CCCCO2)c(OC)c1. The van der Waals surface area contributed by atoms with Crippen molar-refractivity contribution >= 4 is 34.4 Å². The van der Waals surface area contributed by atoms with E-state index in [1.807, 2.05) is 29.0 Å². The number of hydrogen-bond acceptors (Lipinski definition) is 8. The van der Waals surface area contributed by atoms with E-state index in [1.165, 1.54) is 11.8 Å². The molecule has 28 heavy (non-hydrogen) atoms. The van der Waals surface area contributed by atoms with E-state index in [2.05, 4.69) is 20.3 Å². The lowest BCUT2D eigenvalue weighted by Crippen LogP contribution is -2.17. The maximum atomic E-state index is 5.93. The van der Waals surface area contributed by atoms with Crippen molar-refractivity contribution in [1.29, 1.82) is 0 Å². The van der Waals surface area contributed by atoms with E-state index in [0.717, 1.165) is 43.0 Å². The molecule has 9 heteroatoms. The highest BCUT2D eigenvalue weighted by Gasteiger charge is 2.21. The first-order chi connectivity index (χ1) is 13.7. The molecule has 1 aliphatic rings. The minimum Gasteiger partial charge on any atom is -0.497 e. The lowest BCUT2D eigenvalue weighted by atomic mass is 10.2. The van der Waals surface area contributed by atoms with Crippen molar-refractivity contribution in [2.24, 2.45) is 0 Å². The molecule has 0 amide bonds. The summed E-state index contributed by atoms with van der Waals surface area (Å²) in [7, 11) is 3.25. The van der Waals surface area contributed by atoms with E-state index in [4.69, 9.17) is 14.2 Å². The van der Waals surface area contributed by atoms with Gasteiger partial charge in [-0.2, -0.15) is 0 Å². The highest BCUT2D eigenvalue weighted by atomic mass is 32.2. The Morgan fingerprint density at radius 3 is 2.82 bits per heavy atom. The van der Waals surface area contributed by atoms with Crippen LogP contribution in [0.5, 0.6) is 11.5 Å². The zero-order chi connectivity index (χ0) is 19.5. The van der Waals surface area contributed by atoms with Gasteiger partial charge in [-0.1, -0.05) is 11.8 Å². The summed E-state index contributed by atoms with van der Waals surface area (Å²) >= 11 is 1.49. The molecular formula is C19H23N5O3S. The number of aromatic nitrogens is 4. The van der Waals surface area contributed by atoms with Gasteiger partial charge in [-0.15, -0.1) is 0 Å². The first kappa shape index (κ1) is 18.8. The van der Waals surface area contributed by atoms with E-state index >= 15 is 0 Å². The zero-order valence-electron chi connectivity index (χ0n) is 16.1. The summed E-state index contributed by atoms with van der Waals surface area (Å²) in [6.07, 6.45) is 6.90. The molecule has 0 spiro atoms. The zero-order valence-corrected chi connectivity index (χ0v) is 17.0. The van der Waals surface area contributed by atoms with Crippen LogP contribution in [-0.4, -0.2) is 46.6 Å². The number of fused-ring (bicyclic) bond motifs is 1. The van der Waals surface area contributed by atoms with Crippen LogP contribution in [0.1, 0.15) is 25.5 Å². The fraction of sp³-hybridized carbons (Fsp3) is 0.421. The largest absolute Gasteiger partial charge is 0.497 e. The summed E-state index contributed by atoms with van der Waals surface area (Å²) < 4.78 is 18.7. The Hall–Kier alpha value is -2.52. The average molecular weight is 401 g/mol. The summed E-state index contributed by atoms with van der Waals surface area (Å²) in [5, 5.41) is 4.01. The molecule has 2 aromatic heterocycles. The van der Waals surface area contributed by atoms with Crippen molar-refractivity contribution in [2.45, 2.75) is 30.6 Å². The van der Waals surface area contributed by atoms with Crippen molar-refractivity contribution in [3.05, 3.63) is 24.5 Å². The number of thioether (sulfide) groups is 1. The van der Waals surface area contributed by atoms with Crippen molar-refractivity contribution in [2.75, 3.05) is 32.4 Å². The number of rotatable bonds is 6. The number of nitrogens with zero attached hydrogens (tertiary/aromatic N) is 4. The molecule has 1 saturated heterocycles. The molecule has 1 atom stereocenters. The summed E-state index contributed by atoms with van der Waals surface area (Å²) in [6, 6.07) is 5.59. The summed E-state index contributed by atoms with van der Waals surface area (Å²) in [4.78, 5) is 13.9. The second-order valence-corrected chi connectivity index (χ2v) is 7.17. The molecule has 1 unspecified atom stereocenters. The number of benzene rings is 1. The third-order valence-electron chi connectivity index (χ3n) is 4.71. The Labute approximate surface area is 167 Å². The van der Waals surface area contributed by atoms with E-state index in [9.17, 15) is 0 Å². The van der Waals surface area contributed by atoms with Crippen LogP contribution in [0.15, 0.2) is 29.7 Å². The number of hydrogen-bond donors (Lipinski definition) is 1. The topological polar surface area (TPSA) is 83.3 Å². The number of imidazole rings is 1. The quantitative estimate of drug-likeness (QED) is 0.490. The summed E-state index contributed by atoms with van der Waals surface area (Å²) in [6.45, 7) is 0.763. The lowest BCUT2D eigenvalue weighted by molar-refractivity contribution is -0.0298. The standard InChI is InChI=1S/C19H23N5O3S/c1-25-12-7-8-13(14(10-12)26-2)21-17-16-18(23-19(22-17)28-3)24(11-20-16)15-6-4-5-9-27-15/h7-8,10-11,15H,4-6,9H2,1-3H3,(H,21,22,23). The third-order valence-corrected chi connectivity index (χ3v) is 5.26. The molecule has 1 aliphatic heterocycles. The van der Waals surface area contributed by atoms with Gasteiger partial charge in [-0.05, 0) is 37.7 Å². The molecule has 0 bridgehead atoms. The summed E-state index contributed by atoms with van der Waals surface area (Å²) in [5.74, 6) is 2.01. The minimum atomic E-state index is -0.0354. The number of ether oxygens (including phenoxy) is 3. The van der Waals surface area contributed by atoms with Crippen LogP contribution in [0.25, 0.3) is 11.2 Å². The Morgan fingerprint density at radius 1 is 1.21 bits per heavy atom. The van der Waals surface area contributed by atoms with Crippen LogP contribution in [0.3, 0.4) is 0 Å². The predicted molar refractivity (Wildman–Crippen MR) is 109 cm³/mol. The van der Waals surface area contributed by atoms with Crippen molar-refractivity contribution < 1.29 is 14.2 Å². The molecule has 1 fully saturated rings. The van der Waals surface area contributed by atoms with Crippen molar-refractivity contribution in [3.8, 4) is 11.5 Å². The van der Waals surface area contributed by atoms with Gasteiger partial charge >= 0.3 is 0 Å². The van der Waals surface area contributed by atoms with Crippen LogP contribution in [-0.2, 0) is 4.74 Å². The van der Waals surface area contributed by atoms with Gasteiger partial charge in [-0.3, -0.25) is 4.57 Å². The van der Waals surface area contributed by atoms with Gasteiger partial charge < -0.3 is 19.5 Å². The molecule has 3 heterocycles. The fourth-order valence-electron chi connectivity index (χ4n) is 3.26. The number of anilines is 2. The molecule has 0 aliphatic carbocycles. The van der Waals surface area contributed by atoms with E-state index in [0.29, 0.717) is 22.2 Å². The fourth-order valence-corrected chi connectivity index (χ4v) is 3.62. The maximum Gasteiger partial charge on any atom is 0.191 e. The molecule has 8 nitrogen and oxygen atoms in total. The third kappa shape index (κ3) is 3.59. The van der Waals surface area contributed by atoms with Gasteiger partial charge in [0.2, 0.25) is 0 Å². The van der Waals surface area contributed by atoms with Crippen LogP contribution < -0.4 is 14.8 Å². The number of nitrogens with one attached hydrogen (secondary N) is 1. The highest BCUT2D eigenvalue weighted by molar-refractivity contribution is 7.98. The Morgan fingerprint density at radius 2 is 2.11 bits per heavy atom. The minimum absolute atomic E-state index is 0.0354. The van der Waals surface area contributed by atoms with Crippen molar-refractivity contribution in [1.82, 2.24) is 19.5 Å². The first-order valence-corrected chi connectivity index (χ1v) is 10.3. The van der Waals surface area contributed by atoms with E-state index in [1.54, 1.807) is 20.5 Å². The van der Waals surface area contributed by atoms with E-state index < -0.39 is 0 Å². The molecule has 4 rings (SSSR count). The maximum absolute atomic E-state index is 5.93. The monoisotopic (exact) mass is 401 g/mol.